The Labute approximate surface area is 141 Å². The van der Waals surface area contributed by atoms with Crippen molar-refractivity contribution in [2.24, 2.45) is 0 Å². The highest BCUT2D eigenvalue weighted by molar-refractivity contribution is 5.82. The fourth-order valence-electron chi connectivity index (χ4n) is 3.21. The van der Waals surface area contributed by atoms with Gasteiger partial charge < -0.3 is 9.88 Å². The van der Waals surface area contributed by atoms with E-state index in [2.05, 4.69) is 54.0 Å². The van der Waals surface area contributed by atoms with Crippen molar-refractivity contribution in [1.29, 1.82) is 0 Å². The summed E-state index contributed by atoms with van der Waals surface area (Å²) in [5.74, 6) is 0.817. The number of nitrogens with zero attached hydrogens (tertiary/aromatic N) is 5. The highest BCUT2D eigenvalue weighted by Gasteiger charge is 2.13. The number of aromatic nitrogens is 4. The van der Waals surface area contributed by atoms with Crippen molar-refractivity contribution in [3.63, 3.8) is 0 Å². The SMILES string of the molecule is c1ccc(Cn2cnc3c(NCN4CCCCC4)ncnc32)cc1. The largest absolute Gasteiger partial charge is 0.355 e. The Bertz CT molecular complexity index is 792. The third-order valence-electron chi connectivity index (χ3n) is 4.52. The summed E-state index contributed by atoms with van der Waals surface area (Å²) in [5.41, 5.74) is 2.94. The van der Waals surface area contributed by atoms with E-state index in [9.17, 15) is 0 Å². The van der Waals surface area contributed by atoms with Crippen LogP contribution >= 0.6 is 0 Å². The average Bonchev–Trinajstić information content (AvgIpc) is 3.05. The van der Waals surface area contributed by atoms with E-state index >= 15 is 0 Å². The third-order valence-corrected chi connectivity index (χ3v) is 4.52. The average molecular weight is 322 g/mol. The number of fused-ring (bicyclic) bond motifs is 1. The number of rotatable bonds is 5. The van der Waals surface area contributed by atoms with Crippen LogP contribution in [0.1, 0.15) is 24.8 Å². The third kappa shape index (κ3) is 3.23. The van der Waals surface area contributed by atoms with Crippen LogP contribution in [0.25, 0.3) is 11.2 Å². The lowest BCUT2D eigenvalue weighted by Gasteiger charge is -2.26. The normalized spacial score (nSPS) is 15.7. The Kier molecular flexibility index (Phi) is 4.38. The topological polar surface area (TPSA) is 58.9 Å². The maximum Gasteiger partial charge on any atom is 0.165 e. The molecule has 24 heavy (non-hydrogen) atoms. The second-order valence-corrected chi connectivity index (χ2v) is 6.27. The van der Waals surface area contributed by atoms with Crippen molar-refractivity contribution < 1.29 is 0 Å². The van der Waals surface area contributed by atoms with Gasteiger partial charge in [-0.3, -0.25) is 4.90 Å². The Morgan fingerprint density at radius 2 is 1.79 bits per heavy atom. The number of anilines is 1. The lowest BCUT2D eigenvalue weighted by atomic mass is 10.1. The molecule has 0 atom stereocenters. The van der Waals surface area contributed by atoms with E-state index in [1.165, 1.54) is 24.8 Å². The standard InChI is InChI=1S/C18H22N6/c1-3-7-15(8-4-1)11-24-14-21-16-17(19-12-20-18(16)24)22-13-23-9-5-2-6-10-23/h1,3-4,7-8,12,14H,2,5-6,9-11,13H2,(H,19,20,22). The van der Waals surface area contributed by atoms with Crippen LogP contribution in [-0.4, -0.2) is 44.2 Å². The van der Waals surface area contributed by atoms with Crippen molar-refractivity contribution in [3.05, 3.63) is 48.5 Å². The molecule has 0 bridgehead atoms. The minimum absolute atomic E-state index is 0.764. The molecule has 0 aliphatic carbocycles. The zero-order valence-electron chi connectivity index (χ0n) is 13.7. The Morgan fingerprint density at radius 1 is 0.958 bits per heavy atom. The first-order chi connectivity index (χ1) is 11.9. The van der Waals surface area contributed by atoms with Crippen LogP contribution in [0.15, 0.2) is 43.0 Å². The number of imidazole rings is 1. The molecule has 2 aromatic heterocycles. The minimum Gasteiger partial charge on any atom is -0.355 e. The summed E-state index contributed by atoms with van der Waals surface area (Å²) in [6.45, 7) is 3.89. The molecular weight excluding hydrogens is 300 g/mol. The first-order valence-electron chi connectivity index (χ1n) is 8.56. The number of likely N-dealkylation sites (tertiary alicyclic amines) is 1. The molecule has 3 heterocycles. The molecule has 6 nitrogen and oxygen atoms in total. The first kappa shape index (κ1) is 15.1. The van der Waals surface area contributed by atoms with Crippen LogP contribution < -0.4 is 5.32 Å². The molecule has 0 saturated carbocycles. The molecule has 0 amide bonds. The highest BCUT2D eigenvalue weighted by Crippen LogP contribution is 2.19. The van der Waals surface area contributed by atoms with Crippen molar-refractivity contribution in [3.8, 4) is 0 Å². The van der Waals surface area contributed by atoms with E-state index in [0.717, 1.165) is 43.3 Å². The zero-order chi connectivity index (χ0) is 16.2. The molecule has 3 aromatic rings. The molecule has 1 aromatic carbocycles. The van der Waals surface area contributed by atoms with Gasteiger partial charge in [0.15, 0.2) is 11.5 Å². The van der Waals surface area contributed by atoms with Gasteiger partial charge in [-0.2, -0.15) is 0 Å². The second kappa shape index (κ2) is 6.97. The van der Waals surface area contributed by atoms with E-state index in [1.54, 1.807) is 6.33 Å². The quantitative estimate of drug-likeness (QED) is 0.783. The van der Waals surface area contributed by atoms with Crippen LogP contribution in [-0.2, 0) is 6.54 Å². The van der Waals surface area contributed by atoms with E-state index in [1.807, 2.05) is 12.4 Å². The van der Waals surface area contributed by atoms with Gasteiger partial charge in [0.05, 0.1) is 19.5 Å². The van der Waals surface area contributed by atoms with E-state index in [-0.39, 0.29) is 0 Å². The Hall–Kier alpha value is -2.47. The number of piperidine rings is 1. The molecule has 0 unspecified atom stereocenters. The number of hydrogen-bond donors (Lipinski definition) is 1. The molecule has 0 spiro atoms. The fourth-order valence-corrected chi connectivity index (χ4v) is 3.21. The van der Waals surface area contributed by atoms with Gasteiger partial charge >= 0.3 is 0 Å². The van der Waals surface area contributed by atoms with Crippen LogP contribution in [0.3, 0.4) is 0 Å². The lowest BCUT2D eigenvalue weighted by molar-refractivity contribution is 0.243. The van der Waals surface area contributed by atoms with Crippen LogP contribution in [0.5, 0.6) is 0 Å². The van der Waals surface area contributed by atoms with Gasteiger partial charge in [0.1, 0.15) is 11.8 Å². The summed E-state index contributed by atoms with van der Waals surface area (Å²) in [6.07, 6.45) is 7.37. The van der Waals surface area contributed by atoms with Gasteiger partial charge in [-0.15, -0.1) is 0 Å². The van der Waals surface area contributed by atoms with Gasteiger partial charge in [0, 0.05) is 0 Å². The number of hydrogen-bond acceptors (Lipinski definition) is 5. The molecule has 4 rings (SSSR count). The van der Waals surface area contributed by atoms with Crippen LogP contribution in [0, 0.1) is 0 Å². The smallest absolute Gasteiger partial charge is 0.165 e. The zero-order valence-corrected chi connectivity index (χ0v) is 13.7. The van der Waals surface area contributed by atoms with Crippen molar-refractivity contribution in [1.82, 2.24) is 24.4 Å². The second-order valence-electron chi connectivity index (χ2n) is 6.27. The maximum atomic E-state index is 4.54. The Balaban J connectivity index is 1.52. The summed E-state index contributed by atoms with van der Waals surface area (Å²) in [7, 11) is 0. The van der Waals surface area contributed by atoms with E-state index in [0.29, 0.717) is 0 Å². The van der Waals surface area contributed by atoms with Gasteiger partial charge in [-0.25, -0.2) is 15.0 Å². The lowest BCUT2D eigenvalue weighted by Crippen LogP contribution is -2.34. The van der Waals surface area contributed by atoms with Crippen molar-refractivity contribution in [2.45, 2.75) is 25.8 Å². The summed E-state index contributed by atoms with van der Waals surface area (Å²) in [5, 5.41) is 3.43. The summed E-state index contributed by atoms with van der Waals surface area (Å²) in [4.78, 5) is 15.8. The Morgan fingerprint density at radius 3 is 2.62 bits per heavy atom. The molecule has 0 radical (unpaired) electrons. The first-order valence-corrected chi connectivity index (χ1v) is 8.56. The molecule has 1 N–H and O–H groups in total. The fraction of sp³-hybridized carbons (Fsp3) is 0.389. The summed E-state index contributed by atoms with van der Waals surface area (Å²) >= 11 is 0. The van der Waals surface area contributed by atoms with E-state index in [4.69, 9.17) is 0 Å². The summed E-state index contributed by atoms with van der Waals surface area (Å²) < 4.78 is 2.07. The van der Waals surface area contributed by atoms with Gasteiger partial charge in [-0.05, 0) is 31.5 Å². The monoisotopic (exact) mass is 322 g/mol. The van der Waals surface area contributed by atoms with Crippen LogP contribution in [0.4, 0.5) is 5.82 Å². The molecule has 6 heteroatoms. The molecule has 1 saturated heterocycles. The number of nitrogens with one attached hydrogen (secondary N) is 1. The van der Waals surface area contributed by atoms with Gasteiger partial charge in [-0.1, -0.05) is 36.8 Å². The predicted octanol–water partition coefficient (Wildman–Crippen LogP) is 2.73. The molecule has 1 fully saturated rings. The number of benzene rings is 1. The van der Waals surface area contributed by atoms with E-state index < -0.39 is 0 Å². The molecule has 1 aliphatic heterocycles. The maximum absolute atomic E-state index is 4.54. The highest BCUT2D eigenvalue weighted by atomic mass is 15.2. The van der Waals surface area contributed by atoms with Gasteiger partial charge in [0.25, 0.3) is 0 Å². The minimum atomic E-state index is 0.764. The molecular formula is C18H22N6. The summed E-state index contributed by atoms with van der Waals surface area (Å²) in [6, 6.07) is 10.4. The molecule has 124 valence electrons. The van der Waals surface area contributed by atoms with Gasteiger partial charge in [0.2, 0.25) is 0 Å². The van der Waals surface area contributed by atoms with Crippen LogP contribution in [0.2, 0.25) is 0 Å². The van der Waals surface area contributed by atoms with Crippen molar-refractivity contribution >= 4 is 17.0 Å². The predicted molar refractivity (Wildman–Crippen MR) is 94.8 cm³/mol. The molecule has 1 aliphatic rings. The van der Waals surface area contributed by atoms with Crippen molar-refractivity contribution in [2.75, 3.05) is 25.1 Å².